The van der Waals surface area contributed by atoms with Crippen LogP contribution in [0.15, 0.2) is 12.2 Å². The first-order chi connectivity index (χ1) is 7.25. The summed E-state index contributed by atoms with van der Waals surface area (Å²) < 4.78 is 5.11. The Morgan fingerprint density at radius 1 is 1.27 bits per heavy atom. The van der Waals surface area contributed by atoms with Gasteiger partial charge in [-0.15, -0.1) is 0 Å². The van der Waals surface area contributed by atoms with Gasteiger partial charge in [-0.3, -0.25) is 0 Å². The van der Waals surface area contributed by atoms with E-state index in [1.807, 2.05) is 6.92 Å². The summed E-state index contributed by atoms with van der Waals surface area (Å²) in [5.74, 6) is 0.195. The Bertz CT molecular complexity index is 213. The predicted octanol–water partition coefficient (Wildman–Crippen LogP) is 3.47. The van der Waals surface area contributed by atoms with E-state index in [1.54, 1.807) is 0 Å². The van der Waals surface area contributed by atoms with Crippen molar-refractivity contribution in [1.82, 2.24) is 0 Å². The fourth-order valence-corrected chi connectivity index (χ4v) is 2.08. The van der Waals surface area contributed by atoms with Gasteiger partial charge < -0.3 is 4.74 Å². The molecular weight excluding hydrogens is 188 g/mol. The molecule has 0 bridgehead atoms. The van der Waals surface area contributed by atoms with E-state index in [0.29, 0.717) is 18.1 Å². The highest BCUT2D eigenvalue weighted by Crippen LogP contribution is 2.28. The van der Waals surface area contributed by atoms with Crippen molar-refractivity contribution in [3.8, 4) is 0 Å². The third-order valence-electron chi connectivity index (χ3n) is 3.05. The minimum absolute atomic E-state index is 0.177. The van der Waals surface area contributed by atoms with Crippen molar-refractivity contribution in [2.24, 2.45) is 5.92 Å². The first kappa shape index (κ1) is 12.3. The molecule has 1 fully saturated rings. The Kier molecular flexibility index (Phi) is 5.44. The van der Waals surface area contributed by atoms with Gasteiger partial charge >= 0.3 is 5.97 Å². The lowest BCUT2D eigenvalue weighted by Gasteiger charge is -2.15. The van der Waals surface area contributed by atoms with Gasteiger partial charge in [0.2, 0.25) is 0 Å². The van der Waals surface area contributed by atoms with Gasteiger partial charge in [0, 0.05) is 5.57 Å². The van der Waals surface area contributed by atoms with E-state index in [0.717, 1.165) is 19.3 Å². The zero-order valence-electron chi connectivity index (χ0n) is 9.76. The van der Waals surface area contributed by atoms with E-state index in [-0.39, 0.29) is 5.97 Å². The second-order valence-corrected chi connectivity index (χ2v) is 4.35. The van der Waals surface area contributed by atoms with Crippen LogP contribution in [0.4, 0.5) is 0 Å². The van der Waals surface area contributed by atoms with Crippen LogP contribution >= 0.6 is 0 Å². The van der Waals surface area contributed by atoms with Crippen molar-refractivity contribution < 1.29 is 9.53 Å². The SMILES string of the molecule is C=C(C(=O)OCCC)C1CCCCCC1. The lowest BCUT2D eigenvalue weighted by molar-refractivity contribution is -0.139. The molecule has 0 unspecified atom stereocenters. The maximum atomic E-state index is 11.6. The van der Waals surface area contributed by atoms with Crippen LogP contribution in [0.2, 0.25) is 0 Å². The molecule has 0 atom stereocenters. The minimum Gasteiger partial charge on any atom is -0.462 e. The van der Waals surface area contributed by atoms with Crippen LogP contribution in [-0.2, 0) is 9.53 Å². The van der Waals surface area contributed by atoms with Crippen LogP contribution < -0.4 is 0 Å². The van der Waals surface area contributed by atoms with E-state index in [2.05, 4.69) is 6.58 Å². The summed E-state index contributed by atoms with van der Waals surface area (Å²) in [7, 11) is 0. The van der Waals surface area contributed by atoms with Gasteiger partial charge in [0.05, 0.1) is 6.61 Å². The predicted molar refractivity (Wildman–Crippen MR) is 61.6 cm³/mol. The highest BCUT2D eigenvalue weighted by molar-refractivity contribution is 5.88. The van der Waals surface area contributed by atoms with Crippen LogP contribution in [-0.4, -0.2) is 12.6 Å². The smallest absolute Gasteiger partial charge is 0.333 e. The molecule has 1 rings (SSSR count). The van der Waals surface area contributed by atoms with Crippen molar-refractivity contribution in [3.63, 3.8) is 0 Å². The van der Waals surface area contributed by atoms with E-state index in [4.69, 9.17) is 4.74 Å². The van der Waals surface area contributed by atoms with Gasteiger partial charge in [-0.1, -0.05) is 39.2 Å². The molecule has 0 radical (unpaired) electrons. The number of hydrogen-bond acceptors (Lipinski definition) is 2. The molecule has 0 saturated heterocycles. The molecule has 1 aliphatic carbocycles. The van der Waals surface area contributed by atoms with Crippen molar-refractivity contribution >= 4 is 5.97 Å². The quantitative estimate of drug-likeness (QED) is 0.403. The van der Waals surface area contributed by atoms with Crippen molar-refractivity contribution in [2.75, 3.05) is 6.61 Å². The molecule has 0 N–H and O–H groups in total. The number of carbonyl (C=O) groups is 1. The summed E-state index contributed by atoms with van der Waals surface area (Å²) >= 11 is 0. The van der Waals surface area contributed by atoms with Crippen LogP contribution in [0, 0.1) is 5.92 Å². The van der Waals surface area contributed by atoms with Gasteiger partial charge in [0.25, 0.3) is 0 Å². The van der Waals surface area contributed by atoms with Crippen LogP contribution in [0.1, 0.15) is 51.9 Å². The Hall–Kier alpha value is -0.790. The number of carbonyl (C=O) groups excluding carboxylic acids is 1. The summed E-state index contributed by atoms with van der Waals surface area (Å²) in [6.45, 7) is 6.42. The van der Waals surface area contributed by atoms with Gasteiger partial charge in [-0.05, 0) is 25.2 Å². The molecule has 1 saturated carbocycles. The molecule has 0 aliphatic heterocycles. The monoisotopic (exact) mass is 210 g/mol. The molecule has 0 aromatic carbocycles. The molecule has 2 heteroatoms. The average molecular weight is 210 g/mol. The average Bonchev–Trinajstić information content (AvgIpc) is 2.53. The Morgan fingerprint density at radius 2 is 1.87 bits per heavy atom. The fourth-order valence-electron chi connectivity index (χ4n) is 2.08. The van der Waals surface area contributed by atoms with Crippen molar-refractivity contribution in [1.29, 1.82) is 0 Å². The van der Waals surface area contributed by atoms with E-state index >= 15 is 0 Å². The maximum Gasteiger partial charge on any atom is 0.333 e. The fraction of sp³-hybridized carbons (Fsp3) is 0.769. The molecule has 0 aromatic rings. The van der Waals surface area contributed by atoms with Gasteiger partial charge in [0.15, 0.2) is 0 Å². The normalized spacial score (nSPS) is 18.2. The maximum absolute atomic E-state index is 11.6. The number of ether oxygens (including phenoxy) is 1. The number of rotatable bonds is 4. The molecule has 2 nitrogen and oxygen atoms in total. The number of hydrogen-bond donors (Lipinski definition) is 0. The lowest BCUT2D eigenvalue weighted by Crippen LogP contribution is -2.15. The minimum atomic E-state index is -0.177. The van der Waals surface area contributed by atoms with Gasteiger partial charge in [-0.2, -0.15) is 0 Å². The van der Waals surface area contributed by atoms with Crippen LogP contribution in [0.25, 0.3) is 0 Å². The third kappa shape index (κ3) is 4.06. The van der Waals surface area contributed by atoms with E-state index in [9.17, 15) is 4.79 Å². The summed E-state index contributed by atoms with van der Waals surface area (Å²) in [6.07, 6.45) is 8.15. The first-order valence-electron chi connectivity index (χ1n) is 6.11. The molecule has 1 aliphatic rings. The zero-order valence-corrected chi connectivity index (χ0v) is 9.76. The van der Waals surface area contributed by atoms with Gasteiger partial charge in [-0.25, -0.2) is 4.79 Å². The second kappa shape index (κ2) is 6.65. The molecule has 0 amide bonds. The third-order valence-corrected chi connectivity index (χ3v) is 3.05. The Labute approximate surface area is 92.7 Å². The van der Waals surface area contributed by atoms with Gasteiger partial charge in [0.1, 0.15) is 0 Å². The summed E-state index contributed by atoms with van der Waals surface area (Å²) in [4.78, 5) is 11.6. The van der Waals surface area contributed by atoms with Crippen molar-refractivity contribution in [3.05, 3.63) is 12.2 Å². The van der Waals surface area contributed by atoms with E-state index in [1.165, 1.54) is 25.7 Å². The second-order valence-electron chi connectivity index (χ2n) is 4.35. The lowest BCUT2D eigenvalue weighted by atomic mass is 9.93. The molecule has 0 spiro atoms. The Morgan fingerprint density at radius 3 is 2.40 bits per heavy atom. The molecule has 0 aromatic heterocycles. The van der Waals surface area contributed by atoms with Crippen LogP contribution in [0.3, 0.4) is 0 Å². The molecular formula is C13H22O2. The number of esters is 1. The highest BCUT2D eigenvalue weighted by atomic mass is 16.5. The topological polar surface area (TPSA) is 26.3 Å². The Balaban J connectivity index is 2.39. The van der Waals surface area contributed by atoms with Crippen LogP contribution in [0.5, 0.6) is 0 Å². The van der Waals surface area contributed by atoms with Crippen molar-refractivity contribution in [2.45, 2.75) is 51.9 Å². The highest BCUT2D eigenvalue weighted by Gasteiger charge is 2.21. The first-order valence-corrected chi connectivity index (χ1v) is 6.11. The molecule has 86 valence electrons. The molecule has 15 heavy (non-hydrogen) atoms. The molecule has 0 heterocycles. The summed E-state index contributed by atoms with van der Waals surface area (Å²) in [6, 6.07) is 0. The standard InChI is InChI=1S/C13H22O2/c1-3-10-15-13(14)11(2)12-8-6-4-5-7-9-12/h12H,2-10H2,1H3. The summed E-state index contributed by atoms with van der Waals surface area (Å²) in [5.41, 5.74) is 0.699. The van der Waals surface area contributed by atoms with E-state index < -0.39 is 0 Å². The summed E-state index contributed by atoms with van der Waals surface area (Å²) in [5, 5.41) is 0. The zero-order chi connectivity index (χ0) is 11.1. The largest absolute Gasteiger partial charge is 0.462 e.